The van der Waals surface area contributed by atoms with E-state index < -0.39 is 24.5 Å². The Morgan fingerprint density at radius 2 is 1.85 bits per heavy atom. The first-order valence-electron chi connectivity index (χ1n) is 4.87. The molecule has 0 saturated heterocycles. The molecule has 0 aliphatic heterocycles. The summed E-state index contributed by atoms with van der Waals surface area (Å²) in [5.74, 6) is -3.34. The van der Waals surface area contributed by atoms with Gasteiger partial charge in [-0.15, -0.1) is 12.4 Å². The lowest BCUT2D eigenvalue weighted by Crippen LogP contribution is -2.19. The molecular formula is C11H9Cl3O6. The number of halogens is 3. The number of rotatable bonds is 4. The fourth-order valence-corrected chi connectivity index (χ4v) is 1.66. The van der Waals surface area contributed by atoms with E-state index in [-0.39, 0.29) is 33.8 Å². The van der Waals surface area contributed by atoms with Gasteiger partial charge >= 0.3 is 17.9 Å². The second-order valence-electron chi connectivity index (χ2n) is 3.32. The molecule has 0 aliphatic rings. The predicted molar refractivity (Wildman–Crippen MR) is 72.9 cm³/mol. The first-order chi connectivity index (χ1) is 8.81. The number of ether oxygens (including phenoxy) is 2. The molecule has 0 bridgehead atoms. The third kappa shape index (κ3) is 5.24. The van der Waals surface area contributed by atoms with Crippen molar-refractivity contribution >= 4 is 53.5 Å². The maximum Gasteiger partial charge on any atom is 0.349 e. The summed E-state index contributed by atoms with van der Waals surface area (Å²) >= 11 is 11.4. The second kappa shape index (κ2) is 7.94. The lowest BCUT2D eigenvalue weighted by atomic mass is 10.2. The van der Waals surface area contributed by atoms with Crippen LogP contribution in [0.25, 0.3) is 0 Å². The Morgan fingerprint density at radius 1 is 1.25 bits per heavy atom. The number of esters is 2. The van der Waals surface area contributed by atoms with Crippen molar-refractivity contribution < 1.29 is 29.0 Å². The molecule has 110 valence electrons. The van der Waals surface area contributed by atoms with Gasteiger partial charge in [-0.2, -0.15) is 0 Å². The number of carbonyl (C=O) groups is 3. The molecule has 0 aliphatic carbocycles. The molecule has 1 rings (SSSR count). The van der Waals surface area contributed by atoms with Crippen LogP contribution in [0.1, 0.15) is 17.3 Å². The number of hydrogen-bond acceptors (Lipinski definition) is 5. The van der Waals surface area contributed by atoms with E-state index in [2.05, 4.69) is 4.74 Å². The van der Waals surface area contributed by atoms with Gasteiger partial charge in [0, 0.05) is 11.9 Å². The lowest BCUT2D eigenvalue weighted by Gasteiger charge is -2.09. The lowest BCUT2D eigenvalue weighted by molar-refractivity contribution is -0.152. The summed E-state index contributed by atoms with van der Waals surface area (Å²) in [6, 6.07) is 2.31. The summed E-state index contributed by atoms with van der Waals surface area (Å²) < 4.78 is 9.17. The fourth-order valence-electron chi connectivity index (χ4n) is 1.13. The minimum Gasteiger partial charge on any atom is -0.478 e. The van der Waals surface area contributed by atoms with Gasteiger partial charge < -0.3 is 14.6 Å². The van der Waals surface area contributed by atoms with Crippen LogP contribution in [0.3, 0.4) is 0 Å². The quantitative estimate of drug-likeness (QED) is 0.667. The molecule has 6 nitrogen and oxygen atoms in total. The standard InChI is InChI=1S/C11H8Cl2O6.ClH/c1-5(14)18-4-9(15)19-10-7(11(16)17)2-6(12)3-8(10)13;/h2-3H,4H2,1H3,(H,16,17);1H. The third-order valence-corrected chi connectivity index (χ3v) is 2.35. The molecule has 0 saturated carbocycles. The molecule has 20 heavy (non-hydrogen) atoms. The summed E-state index contributed by atoms with van der Waals surface area (Å²) in [6.45, 7) is 0.471. The molecule has 1 aromatic rings. The summed E-state index contributed by atoms with van der Waals surface area (Å²) in [6.07, 6.45) is 0. The topological polar surface area (TPSA) is 89.9 Å². The van der Waals surface area contributed by atoms with Crippen LogP contribution in [-0.2, 0) is 14.3 Å². The zero-order valence-electron chi connectivity index (χ0n) is 10.0. The molecule has 9 heteroatoms. The molecular weight excluding hydrogens is 334 g/mol. The van der Waals surface area contributed by atoms with Crippen LogP contribution in [-0.4, -0.2) is 29.6 Å². The molecule has 0 heterocycles. The Labute approximate surface area is 130 Å². The van der Waals surface area contributed by atoms with Gasteiger partial charge in [0.05, 0.1) is 5.02 Å². The summed E-state index contributed by atoms with van der Waals surface area (Å²) in [7, 11) is 0. The summed E-state index contributed by atoms with van der Waals surface area (Å²) in [5, 5.41) is 8.90. The summed E-state index contributed by atoms with van der Waals surface area (Å²) in [5.41, 5.74) is -0.367. The maximum atomic E-state index is 11.3. The molecule has 0 radical (unpaired) electrons. The number of benzene rings is 1. The van der Waals surface area contributed by atoms with Crippen LogP contribution in [0.2, 0.25) is 10.0 Å². The van der Waals surface area contributed by atoms with E-state index in [4.69, 9.17) is 33.0 Å². The largest absolute Gasteiger partial charge is 0.478 e. The smallest absolute Gasteiger partial charge is 0.349 e. The van der Waals surface area contributed by atoms with Crippen LogP contribution in [0.4, 0.5) is 0 Å². The SMILES string of the molecule is CC(=O)OCC(=O)Oc1c(Cl)cc(Cl)cc1C(=O)O.Cl. The van der Waals surface area contributed by atoms with Gasteiger partial charge in [-0.05, 0) is 12.1 Å². The Kier molecular flexibility index (Phi) is 7.34. The van der Waals surface area contributed by atoms with Gasteiger partial charge in [0.2, 0.25) is 0 Å². The number of carbonyl (C=O) groups excluding carboxylic acids is 2. The van der Waals surface area contributed by atoms with Crippen molar-refractivity contribution in [3.8, 4) is 5.75 Å². The van der Waals surface area contributed by atoms with E-state index in [1.807, 2.05) is 0 Å². The Bertz CT molecular complexity index is 543. The van der Waals surface area contributed by atoms with Crippen LogP contribution in [0.5, 0.6) is 5.75 Å². The van der Waals surface area contributed by atoms with E-state index >= 15 is 0 Å². The molecule has 0 atom stereocenters. The number of hydrogen-bond donors (Lipinski definition) is 1. The van der Waals surface area contributed by atoms with Crippen molar-refractivity contribution in [3.05, 3.63) is 27.7 Å². The van der Waals surface area contributed by atoms with Crippen molar-refractivity contribution in [1.29, 1.82) is 0 Å². The molecule has 1 aromatic carbocycles. The normalized spacial score (nSPS) is 9.35. The van der Waals surface area contributed by atoms with Crippen molar-refractivity contribution in [2.24, 2.45) is 0 Å². The van der Waals surface area contributed by atoms with E-state index in [0.717, 1.165) is 13.0 Å². The third-order valence-electron chi connectivity index (χ3n) is 1.85. The second-order valence-corrected chi connectivity index (χ2v) is 4.17. The number of carboxylic acid groups (broad SMARTS) is 1. The van der Waals surface area contributed by atoms with Gasteiger partial charge in [-0.3, -0.25) is 4.79 Å². The zero-order chi connectivity index (χ0) is 14.6. The van der Waals surface area contributed by atoms with E-state index in [9.17, 15) is 14.4 Å². The maximum absolute atomic E-state index is 11.3. The van der Waals surface area contributed by atoms with Crippen LogP contribution < -0.4 is 4.74 Å². The van der Waals surface area contributed by atoms with E-state index in [0.29, 0.717) is 0 Å². The van der Waals surface area contributed by atoms with E-state index in [1.54, 1.807) is 0 Å². The van der Waals surface area contributed by atoms with Crippen LogP contribution in [0, 0.1) is 0 Å². The summed E-state index contributed by atoms with van der Waals surface area (Å²) in [4.78, 5) is 32.8. The highest BCUT2D eigenvalue weighted by Crippen LogP contribution is 2.32. The zero-order valence-corrected chi connectivity index (χ0v) is 12.3. The van der Waals surface area contributed by atoms with Gasteiger partial charge in [-0.25, -0.2) is 9.59 Å². The Morgan fingerprint density at radius 3 is 2.35 bits per heavy atom. The Balaban J connectivity index is 0.00000361. The first-order valence-corrected chi connectivity index (χ1v) is 5.63. The van der Waals surface area contributed by atoms with Gasteiger partial charge in [0.25, 0.3) is 0 Å². The monoisotopic (exact) mass is 342 g/mol. The highest BCUT2D eigenvalue weighted by Gasteiger charge is 2.19. The number of aromatic carboxylic acids is 1. The molecule has 0 unspecified atom stereocenters. The van der Waals surface area contributed by atoms with Gasteiger partial charge in [0.15, 0.2) is 12.4 Å². The minimum absolute atomic E-state index is 0. The number of carboxylic acids is 1. The molecule has 0 aromatic heterocycles. The van der Waals surface area contributed by atoms with Gasteiger partial charge in [-0.1, -0.05) is 23.2 Å². The average Bonchev–Trinajstić information content (AvgIpc) is 2.29. The highest BCUT2D eigenvalue weighted by molar-refractivity contribution is 6.36. The Hall–Kier alpha value is -1.50. The fraction of sp³-hybridized carbons (Fsp3) is 0.182. The molecule has 0 spiro atoms. The molecule has 0 amide bonds. The average molecular weight is 344 g/mol. The van der Waals surface area contributed by atoms with Gasteiger partial charge in [0.1, 0.15) is 5.56 Å². The highest BCUT2D eigenvalue weighted by atomic mass is 35.5. The molecule has 1 N–H and O–H groups in total. The van der Waals surface area contributed by atoms with Crippen molar-refractivity contribution in [1.82, 2.24) is 0 Å². The molecule has 0 fully saturated rings. The van der Waals surface area contributed by atoms with E-state index in [1.165, 1.54) is 6.07 Å². The van der Waals surface area contributed by atoms with Crippen LogP contribution >= 0.6 is 35.6 Å². The van der Waals surface area contributed by atoms with Crippen molar-refractivity contribution in [2.45, 2.75) is 6.92 Å². The van der Waals surface area contributed by atoms with Crippen LogP contribution in [0.15, 0.2) is 12.1 Å². The van der Waals surface area contributed by atoms with Crippen molar-refractivity contribution in [2.75, 3.05) is 6.61 Å². The minimum atomic E-state index is -1.36. The first kappa shape index (κ1) is 18.5. The predicted octanol–water partition coefficient (Wildman–Crippen LogP) is 2.58. The van der Waals surface area contributed by atoms with Crippen molar-refractivity contribution in [3.63, 3.8) is 0 Å².